The zero-order chi connectivity index (χ0) is 16.8. The van der Waals surface area contributed by atoms with Gasteiger partial charge in [-0.3, -0.25) is 14.5 Å². The van der Waals surface area contributed by atoms with Crippen LogP contribution in [-0.4, -0.2) is 36.7 Å². The smallest absolute Gasteiger partial charge is 0.261 e. The molecule has 0 radical (unpaired) electrons. The molecule has 0 fully saturated rings. The molecule has 1 aliphatic heterocycles. The number of nitrogen functional groups attached to an aromatic ring is 2. The molecule has 1 aromatic carbocycles. The molecule has 0 aliphatic carbocycles. The average Bonchev–Trinajstić information content (AvgIpc) is 2.81. The highest BCUT2D eigenvalue weighted by atomic mass is 16.2. The second-order valence-electron chi connectivity index (χ2n) is 5.24. The minimum absolute atomic E-state index is 0.00222. The molecule has 4 N–H and O–H groups in total. The topological polar surface area (TPSA) is 141 Å². The van der Waals surface area contributed by atoms with Gasteiger partial charge in [0.1, 0.15) is 0 Å². The van der Waals surface area contributed by atoms with E-state index in [1.165, 1.54) is 6.20 Å². The predicted octanol–water partition coefficient (Wildman–Crippen LogP) is 0.380. The van der Waals surface area contributed by atoms with Gasteiger partial charge in [0.15, 0.2) is 17.0 Å². The second kappa shape index (κ2) is 4.95. The molecule has 0 unspecified atom stereocenters. The van der Waals surface area contributed by atoms with Crippen LogP contribution in [-0.2, 0) is 6.54 Å². The van der Waals surface area contributed by atoms with E-state index in [1.807, 2.05) is 0 Å². The first-order chi connectivity index (χ1) is 11.5. The summed E-state index contributed by atoms with van der Waals surface area (Å²) in [5.74, 6) is -0.630. The summed E-state index contributed by atoms with van der Waals surface area (Å²) in [7, 11) is 0. The van der Waals surface area contributed by atoms with E-state index in [0.29, 0.717) is 16.8 Å². The fraction of sp³-hybridized carbons (Fsp3) is 0.0667. The molecule has 1 aliphatic rings. The van der Waals surface area contributed by atoms with E-state index in [0.717, 1.165) is 4.90 Å². The van der Waals surface area contributed by atoms with Gasteiger partial charge in [-0.25, -0.2) is 9.97 Å². The van der Waals surface area contributed by atoms with Crippen molar-refractivity contribution in [3.8, 4) is 0 Å². The van der Waals surface area contributed by atoms with E-state index in [2.05, 4.69) is 19.9 Å². The number of aromatic nitrogens is 4. The van der Waals surface area contributed by atoms with Gasteiger partial charge < -0.3 is 11.5 Å². The highest BCUT2D eigenvalue weighted by Gasteiger charge is 2.35. The van der Waals surface area contributed by atoms with Gasteiger partial charge in [-0.15, -0.1) is 0 Å². The number of nitrogens with two attached hydrogens (primary N) is 2. The summed E-state index contributed by atoms with van der Waals surface area (Å²) in [5, 5.41) is 0. The lowest BCUT2D eigenvalue weighted by molar-refractivity contribution is 0.0640. The molecular weight excluding hydrogens is 310 g/mol. The number of amides is 2. The SMILES string of the molecule is Nc1nc(N)c2nc(CN3C(=O)c4ccccc4C3=O)cnc2n1. The van der Waals surface area contributed by atoms with Gasteiger partial charge in [0.25, 0.3) is 11.8 Å². The number of fused-ring (bicyclic) bond motifs is 2. The van der Waals surface area contributed by atoms with Crippen LogP contribution in [0.3, 0.4) is 0 Å². The zero-order valence-corrected chi connectivity index (χ0v) is 12.3. The maximum absolute atomic E-state index is 12.4. The van der Waals surface area contributed by atoms with Crippen LogP contribution < -0.4 is 11.5 Å². The summed E-state index contributed by atoms with van der Waals surface area (Å²) in [5.41, 5.74) is 13.0. The van der Waals surface area contributed by atoms with Crippen LogP contribution >= 0.6 is 0 Å². The maximum Gasteiger partial charge on any atom is 0.261 e. The minimum atomic E-state index is -0.362. The third kappa shape index (κ3) is 2.02. The Morgan fingerprint density at radius 3 is 2.29 bits per heavy atom. The number of rotatable bonds is 2. The van der Waals surface area contributed by atoms with E-state index in [-0.39, 0.29) is 41.3 Å². The van der Waals surface area contributed by atoms with Crippen molar-refractivity contribution in [1.82, 2.24) is 24.8 Å². The first-order valence-electron chi connectivity index (χ1n) is 7.04. The van der Waals surface area contributed by atoms with Crippen molar-refractivity contribution in [3.05, 3.63) is 47.3 Å². The number of imide groups is 1. The number of anilines is 2. The van der Waals surface area contributed by atoms with Crippen LogP contribution in [0, 0.1) is 0 Å². The fourth-order valence-corrected chi connectivity index (χ4v) is 2.60. The molecule has 0 atom stereocenters. The highest BCUT2D eigenvalue weighted by Crippen LogP contribution is 2.24. The Hall–Kier alpha value is -3.62. The Morgan fingerprint density at radius 2 is 1.62 bits per heavy atom. The van der Waals surface area contributed by atoms with Crippen molar-refractivity contribution in [2.45, 2.75) is 6.54 Å². The van der Waals surface area contributed by atoms with Gasteiger partial charge in [-0.1, -0.05) is 12.1 Å². The molecule has 0 saturated heterocycles. The van der Waals surface area contributed by atoms with Crippen molar-refractivity contribution in [3.63, 3.8) is 0 Å². The van der Waals surface area contributed by atoms with Crippen LogP contribution in [0.5, 0.6) is 0 Å². The van der Waals surface area contributed by atoms with Gasteiger partial charge in [0.05, 0.1) is 29.6 Å². The Kier molecular flexibility index (Phi) is 2.89. The molecule has 0 bridgehead atoms. The van der Waals surface area contributed by atoms with Crippen LogP contribution in [0.4, 0.5) is 11.8 Å². The maximum atomic E-state index is 12.4. The summed E-state index contributed by atoms with van der Waals surface area (Å²) in [6, 6.07) is 6.67. The average molecular weight is 321 g/mol. The number of hydrogen-bond acceptors (Lipinski definition) is 8. The molecule has 118 valence electrons. The molecule has 2 aromatic heterocycles. The number of benzene rings is 1. The normalized spacial score (nSPS) is 13.6. The van der Waals surface area contributed by atoms with E-state index in [1.54, 1.807) is 24.3 Å². The van der Waals surface area contributed by atoms with Gasteiger partial charge in [0, 0.05) is 0 Å². The lowest BCUT2D eigenvalue weighted by Gasteiger charge is -2.13. The first kappa shape index (κ1) is 14.0. The fourth-order valence-electron chi connectivity index (χ4n) is 2.60. The number of carbonyl (C=O) groups is 2. The van der Waals surface area contributed by atoms with Gasteiger partial charge in [-0.2, -0.15) is 9.97 Å². The zero-order valence-electron chi connectivity index (χ0n) is 12.3. The van der Waals surface area contributed by atoms with E-state index < -0.39 is 0 Å². The van der Waals surface area contributed by atoms with Crippen molar-refractivity contribution < 1.29 is 9.59 Å². The van der Waals surface area contributed by atoms with Crippen LogP contribution in [0.1, 0.15) is 26.4 Å². The molecular formula is C15H11N7O2. The Labute approximate surface area is 135 Å². The number of hydrogen-bond donors (Lipinski definition) is 2. The lowest BCUT2D eigenvalue weighted by atomic mass is 10.1. The molecule has 4 rings (SSSR count). The van der Waals surface area contributed by atoms with Crippen molar-refractivity contribution in [1.29, 1.82) is 0 Å². The van der Waals surface area contributed by atoms with Gasteiger partial charge in [-0.05, 0) is 12.1 Å². The molecule has 0 saturated carbocycles. The van der Waals surface area contributed by atoms with E-state index in [9.17, 15) is 9.59 Å². The quantitative estimate of drug-likeness (QED) is 0.645. The third-order valence-electron chi connectivity index (χ3n) is 3.70. The summed E-state index contributed by atoms with van der Waals surface area (Å²) in [6.45, 7) is -0.0148. The minimum Gasteiger partial charge on any atom is -0.382 e. The largest absolute Gasteiger partial charge is 0.382 e. The second-order valence-corrected chi connectivity index (χ2v) is 5.24. The van der Waals surface area contributed by atoms with Gasteiger partial charge in [0.2, 0.25) is 5.95 Å². The summed E-state index contributed by atoms with van der Waals surface area (Å²) in [6.07, 6.45) is 1.43. The molecule has 24 heavy (non-hydrogen) atoms. The monoisotopic (exact) mass is 321 g/mol. The summed E-state index contributed by atoms with van der Waals surface area (Å²) < 4.78 is 0. The number of nitrogens with zero attached hydrogens (tertiary/aromatic N) is 5. The Balaban J connectivity index is 1.71. The predicted molar refractivity (Wildman–Crippen MR) is 84.6 cm³/mol. The Bertz CT molecular complexity index is 983. The van der Waals surface area contributed by atoms with Crippen LogP contribution in [0.25, 0.3) is 11.2 Å². The standard InChI is InChI=1S/C15H11N7O2/c16-11-10-12(21-15(17)20-11)18-5-7(19-10)6-22-13(23)8-3-1-2-4-9(8)14(22)24/h1-5H,6H2,(H4,16,17,18,20,21). The summed E-state index contributed by atoms with van der Waals surface area (Å²) in [4.78, 5) is 42.1. The Morgan fingerprint density at radius 1 is 0.958 bits per heavy atom. The molecule has 9 nitrogen and oxygen atoms in total. The van der Waals surface area contributed by atoms with Crippen molar-refractivity contribution in [2.24, 2.45) is 0 Å². The van der Waals surface area contributed by atoms with E-state index in [4.69, 9.17) is 11.5 Å². The van der Waals surface area contributed by atoms with Crippen LogP contribution in [0.2, 0.25) is 0 Å². The van der Waals surface area contributed by atoms with Crippen molar-refractivity contribution in [2.75, 3.05) is 11.5 Å². The van der Waals surface area contributed by atoms with E-state index >= 15 is 0 Å². The van der Waals surface area contributed by atoms with Crippen LogP contribution in [0.15, 0.2) is 30.5 Å². The van der Waals surface area contributed by atoms with Crippen molar-refractivity contribution >= 4 is 34.7 Å². The lowest BCUT2D eigenvalue weighted by Crippen LogP contribution is -2.29. The first-order valence-corrected chi connectivity index (χ1v) is 7.04. The molecule has 3 aromatic rings. The third-order valence-corrected chi connectivity index (χ3v) is 3.70. The summed E-state index contributed by atoms with van der Waals surface area (Å²) >= 11 is 0. The van der Waals surface area contributed by atoms with Gasteiger partial charge >= 0.3 is 0 Å². The molecule has 3 heterocycles. The number of carbonyl (C=O) groups excluding carboxylic acids is 2. The molecule has 9 heteroatoms. The highest BCUT2D eigenvalue weighted by molar-refractivity contribution is 6.21. The molecule has 2 amide bonds. The molecule has 0 spiro atoms.